The summed E-state index contributed by atoms with van der Waals surface area (Å²) in [6.07, 6.45) is 2.68. The SMILES string of the molecule is CC(C)COCCCn1cnnc1CCl. The molecule has 0 aliphatic carbocycles. The third-order valence-electron chi connectivity index (χ3n) is 1.95. The van der Waals surface area contributed by atoms with Crippen LogP contribution in [-0.4, -0.2) is 28.0 Å². The Hall–Kier alpha value is -0.610. The Bertz CT molecular complexity index is 275. The molecule has 0 atom stereocenters. The lowest BCUT2D eigenvalue weighted by atomic mass is 10.2. The smallest absolute Gasteiger partial charge is 0.147 e. The second-order valence-corrected chi connectivity index (χ2v) is 4.16. The highest BCUT2D eigenvalue weighted by Crippen LogP contribution is 2.01. The maximum atomic E-state index is 5.70. The number of aromatic nitrogens is 3. The van der Waals surface area contributed by atoms with E-state index >= 15 is 0 Å². The van der Waals surface area contributed by atoms with Gasteiger partial charge in [-0.3, -0.25) is 0 Å². The molecule has 0 bridgehead atoms. The summed E-state index contributed by atoms with van der Waals surface area (Å²) in [7, 11) is 0. The van der Waals surface area contributed by atoms with Crippen LogP contribution in [0.15, 0.2) is 6.33 Å². The van der Waals surface area contributed by atoms with Gasteiger partial charge >= 0.3 is 0 Å². The summed E-state index contributed by atoms with van der Waals surface area (Å²) < 4.78 is 7.44. The molecule has 0 aromatic carbocycles. The average molecular weight is 232 g/mol. The molecular formula is C10H18ClN3O. The first-order chi connectivity index (χ1) is 7.24. The number of ether oxygens (including phenoxy) is 1. The minimum absolute atomic E-state index is 0.410. The van der Waals surface area contributed by atoms with Gasteiger partial charge in [0.15, 0.2) is 0 Å². The molecular weight excluding hydrogens is 214 g/mol. The van der Waals surface area contributed by atoms with Gasteiger partial charge in [0.05, 0.1) is 5.88 Å². The molecule has 5 heteroatoms. The van der Waals surface area contributed by atoms with Crippen molar-refractivity contribution in [2.24, 2.45) is 5.92 Å². The van der Waals surface area contributed by atoms with Crippen LogP contribution in [-0.2, 0) is 17.2 Å². The number of alkyl halides is 1. The molecule has 0 aliphatic rings. The van der Waals surface area contributed by atoms with Gasteiger partial charge < -0.3 is 9.30 Å². The molecule has 4 nitrogen and oxygen atoms in total. The maximum absolute atomic E-state index is 5.70. The minimum atomic E-state index is 0.410. The van der Waals surface area contributed by atoms with Crippen molar-refractivity contribution in [1.82, 2.24) is 14.8 Å². The molecule has 0 radical (unpaired) electrons. The van der Waals surface area contributed by atoms with Crippen molar-refractivity contribution < 1.29 is 4.74 Å². The zero-order chi connectivity index (χ0) is 11.1. The maximum Gasteiger partial charge on any atom is 0.147 e. The molecule has 0 N–H and O–H groups in total. The van der Waals surface area contributed by atoms with Crippen molar-refractivity contribution in [3.05, 3.63) is 12.2 Å². The highest BCUT2D eigenvalue weighted by molar-refractivity contribution is 6.16. The topological polar surface area (TPSA) is 39.9 Å². The van der Waals surface area contributed by atoms with Gasteiger partial charge in [-0.2, -0.15) is 0 Å². The summed E-state index contributed by atoms with van der Waals surface area (Å²) in [5.74, 6) is 1.83. The predicted octanol–water partition coefficient (Wildman–Crippen LogP) is 2.08. The first kappa shape index (κ1) is 12.5. The van der Waals surface area contributed by atoms with E-state index in [4.69, 9.17) is 16.3 Å². The second kappa shape index (κ2) is 6.80. The van der Waals surface area contributed by atoms with Gasteiger partial charge in [0, 0.05) is 19.8 Å². The normalized spacial score (nSPS) is 11.2. The van der Waals surface area contributed by atoms with E-state index < -0.39 is 0 Å². The standard InChI is InChI=1S/C10H18ClN3O/c1-9(2)7-15-5-3-4-14-8-12-13-10(14)6-11/h8-9H,3-7H2,1-2H3. The number of aryl methyl sites for hydroxylation is 1. The van der Waals surface area contributed by atoms with Crippen molar-refractivity contribution in [1.29, 1.82) is 0 Å². The van der Waals surface area contributed by atoms with Gasteiger partial charge in [0.25, 0.3) is 0 Å². The number of nitrogens with zero attached hydrogens (tertiary/aromatic N) is 3. The van der Waals surface area contributed by atoms with Crippen LogP contribution in [0, 0.1) is 5.92 Å². The van der Waals surface area contributed by atoms with Gasteiger partial charge in [-0.1, -0.05) is 13.8 Å². The van der Waals surface area contributed by atoms with Gasteiger partial charge in [0.2, 0.25) is 0 Å². The van der Waals surface area contributed by atoms with Crippen molar-refractivity contribution in [2.45, 2.75) is 32.7 Å². The second-order valence-electron chi connectivity index (χ2n) is 3.90. The predicted molar refractivity (Wildman–Crippen MR) is 59.9 cm³/mol. The van der Waals surface area contributed by atoms with Crippen molar-refractivity contribution >= 4 is 11.6 Å². The molecule has 0 saturated carbocycles. The molecule has 0 aliphatic heterocycles. The van der Waals surface area contributed by atoms with Crippen LogP contribution >= 0.6 is 11.6 Å². The zero-order valence-electron chi connectivity index (χ0n) is 9.32. The lowest BCUT2D eigenvalue weighted by Gasteiger charge is -2.07. The molecule has 0 saturated heterocycles. The molecule has 1 aromatic rings. The average Bonchev–Trinajstić information content (AvgIpc) is 2.64. The lowest BCUT2D eigenvalue weighted by Crippen LogP contribution is -2.07. The molecule has 86 valence electrons. The summed E-state index contributed by atoms with van der Waals surface area (Å²) in [5, 5.41) is 7.71. The van der Waals surface area contributed by atoms with Crippen LogP contribution < -0.4 is 0 Å². The summed E-state index contributed by atoms with van der Waals surface area (Å²) in [5.41, 5.74) is 0. The van der Waals surface area contributed by atoms with E-state index in [0.29, 0.717) is 11.8 Å². The first-order valence-corrected chi connectivity index (χ1v) is 5.78. The third kappa shape index (κ3) is 4.62. The van der Waals surface area contributed by atoms with E-state index in [1.54, 1.807) is 6.33 Å². The summed E-state index contributed by atoms with van der Waals surface area (Å²) in [4.78, 5) is 0. The molecule has 0 amide bonds. The Morgan fingerprint density at radius 1 is 1.53 bits per heavy atom. The monoisotopic (exact) mass is 231 g/mol. The Morgan fingerprint density at radius 2 is 2.33 bits per heavy atom. The van der Waals surface area contributed by atoms with E-state index in [9.17, 15) is 0 Å². The Morgan fingerprint density at radius 3 is 3.00 bits per heavy atom. The van der Waals surface area contributed by atoms with Gasteiger partial charge in [-0.25, -0.2) is 0 Å². The molecule has 0 fully saturated rings. The molecule has 0 spiro atoms. The molecule has 15 heavy (non-hydrogen) atoms. The largest absolute Gasteiger partial charge is 0.381 e. The van der Waals surface area contributed by atoms with Crippen molar-refractivity contribution in [2.75, 3.05) is 13.2 Å². The Balaban J connectivity index is 2.15. The molecule has 0 unspecified atom stereocenters. The van der Waals surface area contributed by atoms with E-state index in [1.165, 1.54) is 0 Å². The van der Waals surface area contributed by atoms with E-state index in [-0.39, 0.29) is 0 Å². The zero-order valence-corrected chi connectivity index (χ0v) is 10.1. The van der Waals surface area contributed by atoms with Gasteiger partial charge in [0.1, 0.15) is 12.2 Å². The summed E-state index contributed by atoms with van der Waals surface area (Å²) in [6.45, 7) is 6.76. The quantitative estimate of drug-likeness (QED) is 0.533. The molecule has 1 rings (SSSR count). The highest BCUT2D eigenvalue weighted by Gasteiger charge is 2.01. The van der Waals surface area contributed by atoms with E-state index in [2.05, 4.69) is 24.0 Å². The number of rotatable bonds is 7. The van der Waals surface area contributed by atoms with Crippen molar-refractivity contribution in [3.8, 4) is 0 Å². The van der Waals surface area contributed by atoms with E-state index in [0.717, 1.165) is 32.0 Å². The fourth-order valence-electron chi connectivity index (χ4n) is 1.23. The fraction of sp³-hybridized carbons (Fsp3) is 0.800. The Labute approximate surface area is 95.6 Å². The van der Waals surface area contributed by atoms with Crippen LogP contribution in [0.25, 0.3) is 0 Å². The number of halogens is 1. The van der Waals surface area contributed by atoms with Crippen LogP contribution in [0.2, 0.25) is 0 Å². The van der Waals surface area contributed by atoms with Crippen molar-refractivity contribution in [3.63, 3.8) is 0 Å². The highest BCUT2D eigenvalue weighted by atomic mass is 35.5. The first-order valence-electron chi connectivity index (χ1n) is 5.24. The minimum Gasteiger partial charge on any atom is -0.381 e. The lowest BCUT2D eigenvalue weighted by molar-refractivity contribution is 0.105. The molecule has 1 aromatic heterocycles. The Kier molecular flexibility index (Phi) is 5.65. The van der Waals surface area contributed by atoms with Crippen LogP contribution in [0.5, 0.6) is 0 Å². The summed E-state index contributed by atoms with van der Waals surface area (Å²) >= 11 is 5.70. The van der Waals surface area contributed by atoms with Crippen LogP contribution in [0.4, 0.5) is 0 Å². The van der Waals surface area contributed by atoms with Crippen LogP contribution in [0.1, 0.15) is 26.1 Å². The number of hydrogen-bond donors (Lipinski definition) is 0. The number of hydrogen-bond acceptors (Lipinski definition) is 3. The van der Waals surface area contributed by atoms with Gasteiger partial charge in [-0.15, -0.1) is 21.8 Å². The summed E-state index contributed by atoms with van der Waals surface area (Å²) in [6, 6.07) is 0. The fourth-order valence-corrected chi connectivity index (χ4v) is 1.43. The van der Waals surface area contributed by atoms with Gasteiger partial charge in [-0.05, 0) is 12.3 Å². The molecule has 1 heterocycles. The third-order valence-corrected chi connectivity index (χ3v) is 2.19. The van der Waals surface area contributed by atoms with Crippen LogP contribution in [0.3, 0.4) is 0 Å². The van der Waals surface area contributed by atoms with E-state index in [1.807, 2.05) is 4.57 Å².